The quantitative estimate of drug-likeness (QED) is 0.0377. The van der Waals surface area contributed by atoms with Gasteiger partial charge in [-0.15, -0.1) is 0 Å². The van der Waals surface area contributed by atoms with Gasteiger partial charge in [0.2, 0.25) is 5.91 Å². The minimum absolute atomic E-state index is 0.209. The number of carbonyl (C=O) groups excluding carboxylic acids is 1. The van der Waals surface area contributed by atoms with Gasteiger partial charge < -0.3 is 65.1 Å². The minimum atomic E-state index is -1.78. The highest BCUT2D eigenvalue weighted by Gasteiger charge is 2.51. The summed E-state index contributed by atoms with van der Waals surface area (Å²) in [5.41, 5.74) is 0. The number of aliphatic hydroxyl groups is 8. The van der Waals surface area contributed by atoms with Crippen LogP contribution in [-0.4, -0.2) is 140 Å². The van der Waals surface area contributed by atoms with Crippen LogP contribution in [0.5, 0.6) is 0 Å². The van der Waals surface area contributed by atoms with Gasteiger partial charge in [0.1, 0.15) is 48.8 Å². The fourth-order valence-corrected chi connectivity index (χ4v) is 8.12. The Bertz CT molecular complexity index is 1010. The van der Waals surface area contributed by atoms with Crippen LogP contribution in [0.15, 0.2) is 0 Å². The van der Waals surface area contributed by atoms with Crippen molar-refractivity contribution in [1.29, 1.82) is 0 Å². The molecule has 0 aromatic heterocycles. The maximum atomic E-state index is 13.1. The van der Waals surface area contributed by atoms with Gasteiger partial charge >= 0.3 is 0 Å². The largest absolute Gasteiger partial charge is 0.394 e. The Morgan fingerprint density at radius 1 is 0.542 bits per heavy atom. The van der Waals surface area contributed by atoms with Gasteiger partial charge in [-0.3, -0.25) is 4.79 Å². The molecule has 350 valence electrons. The molecule has 1 amide bonds. The first kappa shape index (κ1) is 54.1. The van der Waals surface area contributed by atoms with Crippen LogP contribution in [-0.2, 0) is 23.7 Å². The van der Waals surface area contributed by atoms with Crippen LogP contribution >= 0.6 is 0 Å². The summed E-state index contributed by atoms with van der Waals surface area (Å²) in [4.78, 5) is 13.1. The fraction of sp³-hybridized carbons (Fsp3) is 0.978. The molecule has 2 heterocycles. The van der Waals surface area contributed by atoms with E-state index in [2.05, 4.69) is 19.2 Å². The van der Waals surface area contributed by atoms with Crippen LogP contribution < -0.4 is 5.32 Å². The summed E-state index contributed by atoms with van der Waals surface area (Å²) < 4.78 is 22.6. The second-order valence-electron chi connectivity index (χ2n) is 17.2. The standard InChI is InChI=1S/C45H87NO13/c1-3-5-7-9-11-12-13-14-15-16-17-18-19-20-21-22-23-25-27-29-37(50)46-33(34(49)28-26-24-10-8-6-4-2)32-56-44-42(55)40(53)43(36(31-48)58-44)59-45-41(54)39(52)38(51)35(30-47)57-45/h33-36,38-45,47-49,51-55H,3-32H2,1-2H3,(H,46,50). The predicted octanol–water partition coefficient (Wildman–Crippen LogP) is 5.05. The Hall–Kier alpha value is -1.01. The monoisotopic (exact) mass is 850 g/mol. The molecule has 0 bridgehead atoms. The van der Waals surface area contributed by atoms with E-state index in [9.17, 15) is 45.6 Å². The van der Waals surface area contributed by atoms with E-state index in [1.807, 2.05) is 0 Å². The molecule has 0 spiro atoms. The highest BCUT2D eigenvalue weighted by Crippen LogP contribution is 2.30. The van der Waals surface area contributed by atoms with Crippen LogP contribution in [0.1, 0.15) is 187 Å². The van der Waals surface area contributed by atoms with Crippen molar-refractivity contribution in [2.45, 2.75) is 261 Å². The van der Waals surface area contributed by atoms with Crippen molar-refractivity contribution < 1.29 is 64.6 Å². The summed E-state index contributed by atoms with van der Waals surface area (Å²) in [5.74, 6) is -0.209. The number of ether oxygens (including phenoxy) is 4. The summed E-state index contributed by atoms with van der Waals surface area (Å²) in [6.07, 6.45) is 14.4. The van der Waals surface area contributed by atoms with E-state index in [1.54, 1.807) is 0 Å². The van der Waals surface area contributed by atoms with Crippen LogP contribution in [0.4, 0.5) is 0 Å². The van der Waals surface area contributed by atoms with Crippen LogP contribution in [0.2, 0.25) is 0 Å². The number of nitrogens with one attached hydrogen (secondary N) is 1. The molecule has 2 rings (SSSR count). The molecule has 0 aromatic carbocycles. The zero-order valence-corrected chi connectivity index (χ0v) is 36.8. The molecule has 59 heavy (non-hydrogen) atoms. The molecule has 2 saturated heterocycles. The third-order valence-corrected chi connectivity index (χ3v) is 12.1. The van der Waals surface area contributed by atoms with Gasteiger partial charge in [-0.05, 0) is 12.8 Å². The Kier molecular flexibility index (Phi) is 30.8. The van der Waals surface area contributed by atoms with Gasteiger partial charge in [-0.1, -0.05) is 168 Å². The zero-order valence-electron chi connectivity index (χ0n) is 36.8. The summed E-state index contributed by atoms with van der Waals surface area (Å²) in [6.45, 7) is 2.78. The lowest BCUT2D eigenvalue weighted by Gasteiger charge is -2.46. The van der Waals surface area contributed by atoms with Crippen molar-refractivity contribution in [2.75, 3.05) is 19.8 Å². The molecule has 0 saturated carbocycles. The molecule has 12 unspecified atom stereocenters. The predicted molar refractivity (Wildman–Crippen MR) is 226 cm³/mol. The van der Waals surface area contributed by atoms with Crippen molar-refractivity contribution in [3.63, 3.8) is 0 Å². The summed E-state index contributed by atoms with van der Waals surface area (Å²) >= 11 is 0. The number of hydrogen-bond donors (Lipinski definition) is 9. The molecule has 0 aromatic rings. The van der Waals surface area contributed by atoms with E-state index in [4.69, 9.17) is 18.9 Å². The average molecular weight is 850 g/mol. The highest BCUT2D eigenvalue weighted by atomic mass is 16.7. The van der Waals surface area contributed by atoms with Crippen molar-refractivity contribution >= 4 is 5.91 Å². The van der Waals surface area contributed by atoms with E-state index < -0.39 is 86.8 Å². The molecule has 2 fully saturated rings. The topological polar surface area (TPSA) is 228 Å². The zero-order chi connectivity index (χ0) is 43.3. The van der Waals surface area contributed by atoms with Crippen molar-refractivity contribution in [2.24, 2.45) is 0 Å². The number of carbonyl (C=O) groups is 1. The van der Waals surface area contributed by atoms with Gasteiger partial charge in [0.15, 0.2) is 12.6 Å². The van der Waals surface area contributed by atoms with Gasteiger partial charge in [-0.2, -0.15) is 0 Å². The lowest BCUT2D eigenvalue weighted by atomic mass is 9.97. The van der Waals surface area contributed by atoms with Gasteiger partial charge in [0.05, 0.1) is 32.0 Å². The van der Waals surface area contributed by atoms with Crippen molar-refractivity contribution in [3.8, 4) is 0 Å². The van der Waals surface area contributed by atoms with E-state index in [1.165, 1.54) is 96.3 Å². The third-order valence-electron chi connectivity index (χ3n) is 12.1. The normalized spacial score (nSPS) is 28.4. The Morgan fingerprint density at radius 3 is 1.44 bits per heavy atom. The second-order valence-corrected chi connectivity index (χ2v) is 17.2. The van der Waals surface area contributed by atoms with E-state index in [-0.39, 0.29) is 12.5 Å². The molecular weight excluding hydrogens is 762 g/mol. The van der Waals surface area contributed by atoms with Gasteiger partial charge in [0, 0.05) is 6.42 Å². The number of unbranched alkanes of at least 4 members (excludes halogenated alkanes) is 23. The second kappa shape index (κ2) is 33.5. The lowest BCUT2D eigenvalue weighted by Crippen LogP contribution is -2.65. The van der Waals surface area contributed by atoms with Gasteiger partial charge in [-0.25, -0.2) is 0 Å². The Labute approximate surface area is 355 Å². The maximum Gasteiger partial charge on any atom is 0.220 e. The molecule has 0 radical (unpaired) electrons. The number of hydrogen-bond acceptors (Lipinski definition) is 13. The van der Waals surface area contributed by atoms with Crippen molar-refractivity contribution in [3.05, 3.63) is 0 Å². The molecule has 14 heteroatoms. The molecule has 2 aliphatic heterocycles. The van der Waals surface area contributed by atoms with Crippen molar-refractivity contribution in [1.82, 2.24) is 5.32 Å². The summed E-state index contributed by atoms with van der Waals surface area (Å²) in [6, 6.07) is -0.818. The summed E-state index contributed by atoms with van der Waals surface area (Å²) in [7, 11) is 0. The molecule has 14 nitrogen and oxygen atoms in total. The third kappa shape index (κ3) is 21.8. The molecule has 0 aliphatic carbocycles. The van der Waals surface area contributed by atoms with E-state index in [0.29, 0.717) is 12.8 Å². The number of amides is 1. The first-order valence-corrected chi connectivity index (χ1v) is 23.8. The smallest absolute Gasteiger partial charge is 0.220 e. The maximum absolute atomic E-state index is 13.1. The molecule has 2 aliphatic rings. The minimum Gasteiger partial charge on any atom is -0.394 e. The fourth-order valence-electron chi connectivity index (χ4n) is 8.12. The molecular formula is C45H87NO13. The van der Waals surface area contributed by atoms with Gasteiger partial charge in [0.25, 0.3) is 0 Å². The number of rotatable bonds is 36. The lowest BCUT2D eigenvalue weighted by molar-refractivity contribution is -0.359. The SMILES string of the molecule is CCCCCCCCCCCCCCCCCCCCCC(=O)NC(COC1OC(CO)C(OC2OC(CO)C(O)C(O)C2O)C(O)C1O)C(O)CCCCCCCC. The van der Waals surface area contributed by atoms with Crippen LogP contribution in [0, 0.1) is 0 Å². The average Bonchev–Trinajstić information content (AvgIpc) is 3.23. The van der Waals surface area contributed by atoms with E-state index >= 15 is 0 Å². The van der Waals surface area contributed by atoms with Crippen LogP contribution in [0.25, 0.3) is 0 Å². The van der Waals surface area contributed by atoms with Crippen LogP contribution in [0.3, 0.4) is 0 Å². The Balaban J connectivity index is 1.75. The van der Waals surface area contributed by atoms with E-state index in [0.717, 1.165) is 64.2 Å². The molecule has 12 atom stereocenters. The highest BCUT2D eigenvalue weighted by molar-refractivity contribution is 5.76. The Morgan fingerprint density at radius 2 is 0.966 bits per heavy atom. The molecule has 9 N–H and O–H groups in total. The summed E-state index contributed by atoms with van der Waals surface area (Å²) in [5, 5.41) is 86.3. The first-order chi connectivity index (χ1) is 28.6. The first-order valence-electron chi connectivity index (χ1n) is 23.8. The number of aliphatic hydroxyl groups excluding tert-OH is 8.